The second kappa shape index (κ2) is 11.3. The van der Waals surface area contributed by atoms with Gasteiger partial charge >= 0.3 is 12.0 Å². The number of likely N-dealkylation sites (N-methyl/N-ethyl adjacent to an activating group) is 1. The molecule has 0 radical (unpaired) electrons. The second-order valence-corrected chi connectivity index (χ2v) is 9.54. The number of piperazine rings is 1. The van der Waals surface area contributed by atoms with Crippen LogP contribution in [0.15, 0.2) is 59.8 Å². The third kappa shape index (κ3) is 5.62. The largest absolute Gasteiger partial charge is 0.463 e. The summed E-state index contributed by atoms with van der Waals surface area (Å²) in [5.41, 5.74) is 1.89. The number of nitrogens with one attached hydrogen (secondary N) is 1. The van der Waals surface area contributed by atoms with Crippen LogP contribution in [0.2, 0.25) is 5.02 Å². The maximum atomic E-state index is 13.3. The fourth-order valence-electron chi connectivity index (χ4n) is 4.79. The van der Waals surface area contributed by atoms with Crippen LogP contribution in [0.25, 0.3) is 0 Å². The van der Waals surface area contributed by atoms with Gasteiger partial charge in [-0.2, -0.15) is 0 Å². The lowest BCUT2D eigenvalue weighted by atomic mass is 9.94. The van der Waals surface area contributed by atoms with E-state index in [1.54, 1.807) is 43.1 Å². The third-order valence-electron chi connectivity index (χ3n) is 6.73. The highest BCUT2D eigenvalue weighted by Gasteiger charge is 2.39. The maximum absolute atomic E-state index is 13.3. The third-order valence-corrected chi connectivity index (χ3v) is 7.07. The van der Waals surface area contributed by atoms with Crippen molar-refractivity contribution in [2.75, 3.05) is 39.8 Å². The lowest BCUT2D eigenvalue weighted by Gasteiger charge is -2.42. The predicted molar refractivity (Wildman–Crippen MR) is 137 cm³/mol. The number of ether oxygens (including phenoxy) is 1. The number of halogens is 2. The number of urea groups is 1. The summed E-state index contributed by atoms with van der Waals surface area (Å²) in [6, 6.07) is 11.3. The van der Waals surface area contributed by atoms with E-state index < -0.39 is 17.8 Å². The monoisotopic (exact) mass is 528 g/mol. The number of carbonyl (C=O) groups is 3. The number of rotatable bonds is 6. The van der Waals surface area contributed by atoms with E-state index in [0.29, 0.717) is 53.6 Å². The molecule has 2 aromatic rings. The van der Waals surface area contributed by atoms with Gasteiger partial charge in [-0.05, 0) is 49.7 Å². The minimum absolute atomic E-state index is 0.139. The van der Waals surface area contributed by atoms with Gasteiger partial charge in [0.05, 0.1) is 18.2 Å². The van der Waals surface area contributed by atoms with Crippen LogP contribution in [0.1, 0.15) is 35.8 Å². The van der Waals surface area contributed by atoms with Gasteiger partial charge in [0.1, 0.15) is 5.82 Å². The van der Waals surface area contributed by atoms with Crippen molar-refractivity contribution in [3.05, 3.63) is 81.8 Å². The number of hydrogen-bond acceptors (Lipinski definition) is 5. The molecule has 0 aromatic heterocycles. The highest BCUT2D eigenvalue weighted by Crippen LogP contribution is 2.35. The Morgan fingerprint density at radius 3 is 2.49 bits per heavy atom. The van der Waals surface area contributed by atoms with Crippen molar-refractivity contribution in [1.82, 2.24) is 20.0 Å². The number of amides is 3. The fraction of sp³-hybridized carbons (Fsp3) is 0.370. The van der Waals surface area contributed by atoms with Crippen LogP contribution >= 0.6 is 11.6 Å². The van der Waals surface area contributed by atoms with Crippen molar-refractivity contribution < 1.29 is 23.5 Å². The molecule has 0 saturated carbocycles. The van der Waals surface area contributed by atoms with Crippen LogP contribution < -0.4 is 5.32 Å². The van der Waals surface area contributed by atoms with Crippen LogP contribution in [-0.4, -0.2) is 78.5 Å². The summed E-state index contributed by atoms with van der Waals surface area (Å²) in [5.74, 6) is -1.07. The molecule has 2 aliphatic heterocycles. The Morgan fingerprint density at radius 1 is 1.14 bits per heavy atom. The standard InChI is InChI=1S/C27H30ClFN4O4/c1-4-37-26(35)23-22(31(3)27(36)30-24(23)20-7-5-6-8-21(20)28)16-32-13-14-33(17(2)15-32)25(34)18-9-11-19(29)12-10-18/h5-12,17,24H,4,13-16H2,1-3H3,(H,30,36)/t17-,24-/m0/s1. The summed E-state index contributed by atoms with van der Waals surface area (Å²) < 4.78 is 18.7. The van der Waals surface area contributed by atoms with Gasteiger partial charge in [-0.3, -0.25) is 14.6 Å². The normalized spacial score (nSPS) is 20.6. The summed E-state index contributed by atoms with van der Waals surface area (Å²) in [6.07, 6.45) is 0. The minimum Gasteiger partial charge on any atom is -0.463 e. The van der Waals surface area contributed by atoms with Gasteiger partial charge in [-0.1, -0.05) is 29.8 Å². The molecule has 2 aliphatic rings. The summed E-state index contributed by atoms with van der Waals surface area (Å²) in [6.45, 7) is 5.67. The molecule has 0 bridgehead atoms. The van der Waals surface area contributed by atoms with Crippen molar-refractivity contribution in [3.8, 4) is 0 Å². The van der Waals surface area contributed by atoms with Gasteiger partial charge in [0.15, 0.2) is 0 Å². The van der Waals surface area contributed by atoms with E-state index in [-0.39, 0.29) is 24.6 Å². The number of carbonyl (C=O) groups excluding carboxylic acids is 3. The van der Waals surface area contributed by atoms with E-state index in [1.165, 1.54) is 29.2 Å². The van der Waals surface area contributed by atoms with Gasteiger partial charge in [0.2, 0.25) is 0 Å². The van der Waals surface area contributed by atoms with Crippen LogP contribution in [0.3, 0.4) is 0 Å². The average molecular weight is 529 g/mol. The smallest absolute Gasteiger partial charge is 0.338 e. The van der Waals surface area contributed by atoms with Crippen LogP contribution in [0.4, 0.5) is 9.18 Å². The summed E-state index contributed by atoms with van der Waals surface area (Å²) in [7, 11) is 1.62. The Labute approximate surface area is 220 Å². The van der Waals surface area contributed by atoms with Crippen LogP contribution in [0, 0.1) is 5.82 Å². The summed E-state index contributed by atoms with van der Waals surface area (Å²) in [5, 5.41) is 3.31. The Hall–Kier alpha value is -3.43. The topological polar surface area (TPSA) is 82.2 Å². The van der Waals surface area contributed by atoms with Gasteiger partial charge < -0.3 is 15.0 Å². The summed E-state index contributed by atoms with van der Waals surface area (Å²) in [4.78, 5) is 44.4. The first kappa shape index (κ1) is 26.6. The van der Waals surface area contributed by atoms with Gasteiger partial charge in [0.25, 0.3) is 5.91 Å². The Balaban J connectivity index is 1.60. The molecule has 2 aromatic carbocycles. The Morgan fingerprint density at radius 2 is 1.84 bits per heavy atom. The number of benzene rings is 2. The first-order valence-electron chi connectivity index (χ1n) is 12.2. The molecular weight excluding hydrogens is 499 g/mol. The molecule has 10 heteroatoms. The zero-order valence-corrected chi connectivity index (χ0v) is 21.8. The van der Waals surface area contributed by atoms with Crippen molar-refractivity contribution in [2.45, 2.75) is 25.9 Å². The lowest BCUT2D eigenvalue weighted by Crippen LogP contribution is -2.56. The number of esters is 1. The first-order valence-corrected chi connectivity index (χ1v) is 12.6. The molecule has 1 fully saturated rings. The summed E-state index contributed by atoms with van der Waals surface area (Å²) >= 11 is 6.44. The van der Waals surface area contributed by atoms with Gasteiger partial charge in [0, 0.05) is 55.6 Å². The lowest BCUT2D eigenvalue weighted by molar-refractivity contribution is -0.139. The Kier molecular flexibility index (Phi) is 8.14. The molecule has 1 N–H and O–H groups in total. The second-order valence-electron chi connectivity index (χ2n) is 9.13. The van der Waals surface area contributed by atoms with Gasteiger partial charge in [-0.15, -0.1) is 0 Å². The van der Waals surface area contributed by atoms with Crippen LogP contribution in [-0.2, 0) is 9.53 Å². The molecule has 4 rings (SSSR count). The van der Waals surface area contributed by atoms with E-state index in [4.69, 9.17) is 16.3 Å². The van der Waals surface area contributed by atoms with Crippen molar-refractivity contribution >= 4 is 29.5 Å². The van der Waals surface area contributed by atoms with Crippen molar-refractivity contribution in [2.24, 2.45) is 0 Å². The zero-order chi connectivity index (χ0) is 26.7. The molecule has 1 saturated heterocycles. The van der Waals surface area contributed by atoms with E-state index >= 15 is 0 Å². The first-order chi connectivity index (χ1) is 17.7. The van der Waals surface area contributed by atoms with Gasteiger partial charge in [-0.25, -0.2) is 14.0 Å². The molecule has 2 atom stereocenters. The molecule has 37 heavy (non-hydrogen) atoms. The SMILES string of the molecule is CCOC(=O)C1=C(CN2CCN(C(=O)c3ccc(F)cc3)[C@@H](C)C2)N(C)C(=O)N[C@H]1c1ccccc1Cl. The minimum atomic E-state index is -0.759. The van der Waals surface area contributed by atoms with E-state index in [2.05, 4.69) is 10.2 Å². The average Bonchev–Trinajstić information content (AvgIpc) is 2.87. The number of nitrogens with zero attached hydrogens (tertiary/aromatic N) is 3. The predicted octanol–water partition coefficient (Wildman–Crippen LogP) is 3.84. The van der Waals surface area contributed by atoms with Crippen molar-refractivity contribution in [1.29, 1.82) is 0 Å². The Bertz CT molecular complexity index is 1220. The molecule has 8 nitrogen and oxygen atoms in total. The highest BCUT2D eigenvalue weighted by atomic mass is 35.5. The van der Waals surface area contributed by atoms with Crippen LogP contribution in [0.5, 0.6) is 0 Å². The van der Waals surface area contributed by atoms with E-state index in [0.717, 1.165) is 0 Å². The molecule has 0 spiro atoms. The highest BCUT2D eigenvalue weighted by molar-refractivity contribution is 6.31. The zero-order valence-electron chi connectivity index (χ0n) is 21.0. The fourth-order valence-corrected chi connectivity index (χ4v) is 5.03. The quantitative estimate of drug-likeness (QED) is 0.576. The molecule has 196 valence electrons. The molecule has 2 heterocycles. The molecular formula is C27H30ClFN4O4. The number of hydrogen-bond donors (Lipinski definition) is 1. The molecule has 0 unspecified atom stereocenters. The van der Waals surface area contributed by atoms with Crippen molar-refractivity contribution in [3.63, 3.8) is 0 Å². The van der Waals surface area contributed by atoms with E-state index in [1.807, 2.05) is 6.92 Å². The molecule has 3 amide bonds. The maximum Gasteiger partial charge on any atom is 0.338 e. The van der Waals surface area contributed by atoms with E-state index in [9.17, 15) is 18.8 Å². The molecule has 0 aliphatic carbocycles.